The van der Waals surface area contributed by atoms with E-state index < -0.39 is 0 Å². The lowest BCUT2D eigenvalue weighted by Gasteiger charge is -1.92. The zero-order valence-corrected chi connectivity index (χ0v) is 9.16. The van der Waals surface area contributed by atoms with Crippen LogP contribution < -0.4 is 0 Å². The summed E-state index contributed by atoms with van der Waals surface area (Å²) in [7, 11) is 0. The van der Waals surface area contributed by atoms with Crippen LogP contribution in [0.2, 0.25) is 0 Å². The van der Waals surface area contributed by atoms with E-state index in [1.807, 2.05) is 12.2 Å². The van der Waals surface area contributed by atoms with Crippen molar-refractivity contribution in [3.05, 3.63) is 24.5 Å². The highest BCUT2D eigenvalue weighted by molar-refractivity contribution is 5.82. The number of carbonyl (C=O) groups excluding carboxylic acids is 1. The third kappa shape index (κ3) is 9.04. The largest absolute Gasteiger partial charge is 0.432 e. The number of hydrogen-bond donors (Lipinski definition) is 0. The van der Waals surface area contributed by atoms with Crippen molar-refractivity contribution in [2.24, 2.45) is 0 Å². The molecule has 80 valence electrons. The normalized spacial score (nSPS) is 11.3. The molecule has 0 aliphatic heterocycles. The summed E-state index contributed by atoms with van der Waals surface area (Å²) in [5, 5.41) is 0. The van der Waals surface area contributed by atoms with E-state index in [4.69, 9.17) is 4.74 Å². The van der Waals surface area contributed by atoms with Crippen molar-refractivity contribution in [3.8, 4) is 0 Å². The highest BCUT2D eigenvalue weighted by atomic mass is 16.5. The highest BCUT2D eigenvalue weighted by Crippen LogP contribution is 1.96. The van der Waals surface area contributed by atoms with E-state index in [1.54, 1.807) is 0 Å². The molecule has 0 spiro atoms. The fourth-order valence-corrected chi connectivity index (χ4v) is 0.891. The molecule has 2 heteroatoms. The standard InChI is InChI=1S/C12H20O2/c1-3-5-7-9-11-14-12(13)10-8-6-4-2/h8-11H,3-7H2,1-2H3/b10-8-,11-9?. The van der Waals surface area contributed by atoms with Gasteiger partial charge in [0.2, 0.25) is 0 Å². The number of ether oxygens (including phenoxy) is 1. The first-order chi connectivity index (χ1) is 6.81. The molecule has 0 unspecified atom stereocenters. The van der Waals surface area contributed by atoms with Crippen molar-refractivity contribution < 1.29 is 9.53 Å². The molecule has 0 heterocycles. The molecule has 0 aliphatic carbocycles. The molecule has 14 heavy (non-hydrogen) atoms. The number of allylic oxidation sites excluding steroid dienone is 2. The van der Waals surface area contributed by atoms with E-state index in [0.717, 1.165) is 32.1 Å². The molecule has 0 aromatic heterocycles. The van der Waals surface area contributed by atoms with Crippen LogP contribution >= 0.6 is 0 Å². The minimum absolute atomic E-state index is 0.286. The summed E-state index contributed by atoms with van der Waals surface area (Å²) in [4.78, 5) is 11.0. The van der Waals surface area contributed by atoms with E-state index in [9.17, 15) is 4.79 Å². The molecule has 0 N–H and O–H groups in total. The highest BCUT2D eigenvalue weighted by Gasteiger charge is 1.90. The lowest BCUT2D eigenvalue weighted by atomic mass is 10.2. The first-order valence-corrected chi connectivity index (χ1v) is 5.33. The van der Waals surface area contributed by atoms with Crippen LogP contribution in [0.25, 0.3) is 0 Å². The molecule has 0 fully saturated rings. The van der Waals surface area contributed by atoms with Crippen molar-refractivity contribution in [3.63, 3.8) is 0 Å². The second kappa shape index (κ2) is 10.0. The fraction of sp³-hybridized carbons (Fsp3) is 0.583. The second-order valence-electron chi connectivity index (χ2n) is 3.14. The van der Waals surface area contributed by atoms with Gasteiger partial charge < -0.3 is 4.74 Å². The number of hydrogen-bond acceptors (Lipinski definition) is 2. The number of carbonyl (C=O) groups is 1. The van der Waals surface area contributed by atoms with Crippen LogP contribution in [0.3, 0.4) is 0 Å². The van der Waals surface area contributed by atoms with Gasteiger partial charge in [-0.2, -0.15) is 0 Å². The van der Waals surface area contributed by atoms with Gasteiger partial charge in [-0.15, -0.1) is 0 Å². The summed E-state index contributed by atoms with van der Waals surface area (Å²) in [5.41, 5.74) is 0. The lowest BCUT2D eigenvalue weighted by Crippen LogP contribution is -1.93. The van der Waals surface area contributed by atoms with Crippen LogP contribution in [0.4, 0.5) is 0 Å². The predicted molar refractivity (Wildman–Crippen MR) is 58.8 cm³/mol. The molecule has 2 nitrogen and oxygen atoms in total. The summed E-state index contributed by atoms with van der Waals surface area (Å²) < 4.78 is 4.83. The lowest BCUT2D eigenvalue weighted by molar-refractivity contribution is -0.132. The molecule has 0 atom stereocenters. The third-order valence-corrected chi connectivity index (χ3v) is 1.71. The Kier molecular flexibility index (Phi) is 9.28. The predicted octanol–water partition coefficient (Wildman–Crippen LogP) is 3.59. The van der Waals surface area contributed by atoms with Crippen molar-refractivity contribution in [2.75, 3.05) is 0 Å². The Morgan fingerprint density at radius 2 is 1.93 bits per heavy atom. The Morgan fingerprint density at radius 3 is 2.57 bits per heavy atom. The van der Waals surface area contributed by atoms with Gasteiger partial charge in [0.1, 0.15) is 0 Å². The summed E-state index contributed by atoms with van der Waals surface area (Å²) in [5.74, 6) is -0.286. The van der Waals surface area contributed by atoms with Gasteiger partial charge in [0, 0.05) is 6.08 Å². The number of unbranched alkanes of at least 4 members (excludes halogenated alkanes) is 3. The van der Waals surface area contributed by atoms with E-state index in [-0.39, 0.29) is 5.97 Å². The molecule has 0 rings (SSSR count). The maximum absolute atomic E-state index is 11.0. The fourth-order valence-electron chi connectivity index (χ4n) is 0.891. The molecule has 0 saturated carbocycles. The van der Waals surface area contributed by atoms with Gasteiger partial charge in [-0.3, -0.25) is 0 Å². The molecule has 0 aliphatic rings. The van der Waals surface area contributed by atoms with Crippen LogP contribution in [-0.4, -0.2) is 5.97 Å². The van der Waals surface area contributed by atoms with Gasteiger partial charge in [-0.25, -0.2) is 4.79 Å². The molecular weight excluding hydrogens is 176 g/mol. The van der Waals surface area contributed by atoms with Crippen molar-refractivity contribution in [1.29, 1.82) is 0 Å². The van der Waals surface area contributed by atoms with E-state index >= 15 is 0 Å². The Bertz CT molecular complexity index is 192. The molecular formula is C12H20O2. The number of esters is 1. The molecule has 0 bridgehead atoms. The van der Waals surface area contributed by atoms with Gasteiger partial charge in [0.15, 0.2) is 0 Å². The second-order valence-corrected chi connectivity index (χ2v) is 3.14. The van der Waals surface area contributed by atoms with Gasteiger partial charge in [-0.05, 0) is 25.3 Å². The first kappa shape index (κ1) is 12.9. The van der Waals surface area contributed by atoms with Crippen LogP contribution in [-0.2, 0) is 9.53 Å². The van der Waals surface area contributed by atoms with Gasteiger partial charge in [-0.1, -0.05) is 32.8 Å². The first-order valence-electron chi connectivity index (χ1n) is 5.33. The van der Waals surface area contributed by atoms with Crippen molar-refractivity contribution in [1.82, 2.24) is 0 Å². The van der Waals surface area contributed by atoms with Crippen molar-refractivity contribution in [2.45, 2.75) is 46.0 Å². The Morgan fingerprint density at radius 1 is 1.14 bits per heavy atom. The zero-order valence-electron chi connectivity index (χ0n) is 9.16. The quantitative estimate of drug-likeness (QED) is 0.269. The minimum Gasteiger partial charge on any atom is -0.432 e. The van der Waals surface area contributed by atoms with Crippen LogP contribution in [0.15, 0.2) is 24.5 Å². The monoisotopic (exact) mass is 196 g/mol. The SMILES string of the molecule is CCC/C=C\C(=O)OC=CCCCC. The molecule has 0 saturated heterocycles. The Labute approximate surface area is 86.6 Å². The Hall–Kier alpha value is -1.05. The maximum atomic E-state index is 11.0. The van der Waals surface area contributed by atoms with Crippen LogP contribution in [0.1, 0.15) is 46.0 Å². The summed E-state index contributed by atoms with van der Waals surface area (Å²) >= 11 is 0. The molecule has 0 amide bonds. The number of rotatable bonds is 7. The Balaban J connectivity index is 3.47. The average molecular weight is 196 g/mol. The van der Waals surface area contributed by atoms with Gasteiger partial charge >= 0.3 is 5.97 Å². The maximum Gasteiger partial charge on any atom is 0.335 e. The third-order valence-electron chi connectivity index (χ3n) is 1.71. The summed E-state index contributed by atoms with van der Waals surface area (Å²) in [6, 6.07) is 0. The molecule has 0 radical (unpaired) electrons. The van der Waals surface area contributed by atoms with E-state index in [2.05, 4.69) is 13.8 Å². The van der Waals surface area contributed by atoms with E-state index in [0.29, 0.717) is 0 Å². The molecule has 0 aromatic rings. The smallest absolute Gasteiger partial charge is 0.335 e. The summed E-state index contributed by atoms with van der Waals surface area (Å²) in [6.07, 6.45) is 11.9. The van der Waals surface area contributed by atoms with Gasteiger partial charge in [0.25, 0.3) is 0 Å². The summed E-state index contributed by atoms with van der Waals surface area (Å²) in [6.45, 7) is 4.20. The van der Waals surface area contributed by atoms with Gasteiger partial charge in [0.05, 0.1) is 6.26 Å². The van der Waals surface area contributed by atoms with Crippen molar-refractivity contribution >= 4 is 5.97 Å². The average Bonchev–Trinajstić information content (AvgIpc) is 2.18. The van der Waals surface area contributed by atoms with E-state index in [1.165, 1.54) is 12.3 Å². The van der Waals surface area contributed by atoms with Crippen LogP contribution in [0.5, 0.6) is 0 Å². The minimum atomic E-state index is -0.286. The molecule has 0 aromatic carbocycles. The van der Waals surface area contributed by atoms with Crippen LogP contribution in [0, 0.1) is 0 Å². The zero-order chi connectivity index (χ0) is 10.6. The topological polar surface area (TPSA) is 26.3 Å².